The number of carbonyl (C=O) groups is 1. The third kappa shape index (κ3) is 5.38. The number of anilines is 1. The van der Waals surface area contributed by atoms with E-state index >= 15 is 0 Å². The number of methoxy groups -OCH3 is 2. The number of aliphatic imine (C=N–C) groups is 1. The van der Waals surface area contributed by atoms with E-state index in [1.54, 1.807) is 26.0 Å². The Balaban J connectivity index is 1.49. The first-order chi connectivity index (χ1) is 18.6. The van der Waals surface area contributed by atoms with Crippen molar-refractivity contribution in [1.82, 2.24) is 5.32 Å². The Kier molecular flexibility index (Phi) is 7.65. The van der Waals surface area contributed by atoms with Gasteiger partial charge < -0.3 is 20.1 Å². The highest BCUT2D eigenvalue weighted by Gasteiger charge is 2.31. The number of benzene rings is 4. The lowest BCUT2D eigenvalue weighted by atomic mass is 9.95. The van der Waals surface area contributed by atoms with Crippen molar-refractivity contribution in [3.8, 4) is 11.5 Å². The van der Waals surface area contributed by atoms with Crippen molar-refractivity contribution in [2.45, 2.75) is 18.7 Å². The van der Waals surface area contributed by atoms with Crippen LogP contribution in [0, 0.1) is 0 Å². The fraction of sp³-hybridized carbons (Fsp3) is 0.161. The zero-order valence-corrected chi connectivity index (χ0v) is 22.3. The summed E-state index contributed by atoms with van der Waals surface area (Å²) in [6, 6.07) is 29.2. The van der Waals surface area contributed by atoms with Crippen LogP contribution >= 0.6 is 11.8 Å². The molecule has 0 saturated carbocycles. The number of nitrogens with zero attached hydrogens (tertiary/aromatic N) is 1. The summed E-state index contributed by atoms with van der Waals surface area (Å²) in [6.45, 7) is 1.91. The van der Waals surface area contributed by atoms with Crippen LogP contribution < -0.4 is 20.1 Å². The summed E-state index contributed by atoms with van der Waals surface area (Å²) in [4.78, 5) is 18.6. The molecule has 38 heavy (non-hydrogen) atoms. The summed E-state index contributed by atoms with van der Waals surface area (Å²) in [5.41, 5.74) is 4.02. The van der Waals surface area contributed by atoms with E-state index in [9.17, 15) is 4.79 Å². The van der Waals surface area contributed by atoms with Crippen LogP contribution in [0.25, 0.3) is 10.8 Å². The molecule has 0 aliphatic carbocycles. The zero-order chi connectivity index (χ0) is 26.5. The lowest BCUT2D eigenvalue weighted by molar-refractivity contribution is -0.113. The van der Waals surface area contributed by atoms with Crippen LogP contribution in [-0.4, -0.2) is 25.3 Å². The highest BCUT2D eigenvalue weighted by Crippen LogP contribution is 2.39. The summed E-state index contributed by atoms with van der Waals surface area (Å²) >= 11 is 1.61. The quantitative estimate of drug-likeness (QED) is 0.282. The molecule has 5 rings (SSSR count). The minimum atomic E-state index is -0.559. The molecule has 0 radical (unpaired) electrons. The minimum absolute atomic E-state index is 0.217. The van der Waals surface area contributed by atoms with Crippen LogP contribution in [0.3, 0.4) is 0 Å². The van der Waals surface area contributed by atoms with Crippen LogP contribution in [0.15, 0.2) is 107 Å². The van der Waals surface area contributed by atoms with Crippen molar-refractivity contribution < 1.29 is 14.3 Å². The lowest BCUT2D eigenvalue weighted by Crippen LogP contribution is -2.32. The van der Waals surface area contributed by atoms with Gasteiger partial charge in [0.2, 0.25) is 0 Å². The molecule has 6 nitrogen and oxygen atoms in total. The monoisotopic (exact) mass is 523 g/mol. The molecule has 4 aromatic rings. The van der Waals surface area contributed by atoms with Crippen LogP contribution in [0.2, 0.25) is 0 Å². The topological polar surface area (TPSA) is 72.0 Å². The fourth-order valence-corrected chi connectivity index (χ4v) is 5.52. The second-order valence-electron chi connectivity index (χ2n) is 8.86. The van der Waals surface area contributed by atoms with Gasteiger partial charge in [-0.1, -0.05) is 72.4 Å². The molecule has 0 fully saturated rings. The third-order valence-corrected chi connectivity index (χ3v) is 7.41. The summed E-state index contributed by atoms with van der Waals surface area (Å²) in [5, 5.41) is 9.57. The van der Waals surface area contributed by atoms with Crippen molar-refractivity contribution in [2.75, 3.05) is 19.5 Å². The van der Waals surface area contributed by atoms with Crippen molar-refractivity contribution in [2.24, 2.45) is 4.99 Å². The predicted molar refractivity (Wildman–Crippen MR) is 156 cm³/mol. The summed E-state index contributed by atoms with van der Waals surface area (Å²) in [7, 11) is 3.22. The molecule has 0 spiro atoms. The number of amidine groups is 1. The fourth-order valence-electron chi connectivity index (χ4n) is 4.57. The molecule has 1 amide bonds. The van der Waals surface area contributed by atoms with Gasteiger partial charge in [-0.15, -0.1) is 0 Å². The van der Waals surface area contributed by atoms with Crippen molar-refractivity contribution >= 4 is 39.3 Å². The lowest BCUT2D eigenvalue weighted by Gasteiger charge is -2.27. The van der Waals surface area contributed by atoms with Crippen LogP contribution in [0.1, 0.15) is 24.1 Å². The Hall–Kier alpha value is -4.23. The van der Waals surface area contributed by atoms with Gasteiger partial charge >= 0.3 is 0 Å². The summed E-state index contributed by atoms with van der Waals surface area (Å²) < 4.78 is 11.1. The summed E-state index contributed by atoms with van der Waals surface area (Å²) in [5.74, 6) is 1.80. The Bertz CT molecular complexity index is 1530. The first-order valence-electron chi connectivity index (χ1n) is 12.3. The first-order valence-corrected chi connectivity index (χ1v) is 13.3. The molecule has 0 bridgehead atoms. The van der Waals surface area contributed by atoms with Gasteiger partial charge in [0.05, 0.1) is 19.8 Å². The number of hydrogen-bond acceptors (Lipinski definition) is 6. The molecule has 1 atom stereocenters. The maximum atomic E-state index is 13.6. The number of nitrogens with one attached hydrogen (secondary N) is 2. The minimum Gasteiger partial charge on any atom is -0.497 e. The molecular formula is C31H29N3O3S. The second kappa shape index (κ2) is 11.4. The molecule has 1 aliphatic heterocycles. The van der Waals surface area contributed by atoms with Gasteiger partial charge in [-0.3, -0.25) is 4.79 Å². The summed E-state index contributed by atoms with van der Waals surface area (Å²) in [6.07, 6.45) is 0. The number of thioether (sulfide) groups is 1. The highest BCUT2D eigenvalue weighted by molar-refractivity contribution is 8.13. The van der Waals surface area contributed by atoms with Gasteiger partial charge in [-0.05, 0) is 47.5 Å². The highest BCUT2D eigenvalue weighted by atomic mass is 32.2. The van der Waals surface area contributed by atoms with Gasteiger partial charge in [0, 0.05) is 28.8 Å². The first kappa shape index (κ1) is 25.4. The number of rotatable bonds is 7. The molecule has 0 saturated heterocycles. The molecular weight excluding hydrogens is 494 g/mol. The number of fused-ring (bicyclic) bond motifs is 1. The Morgan fingerprint density at radius 1 is 0.947 bits per heavy atom. The molecule has 0 aromatic heterocycles. The van der Waals surface area contributed by atoms with Gasteiger partial charge in [-0.2, -0.15) is 0 Å². The van der Waals surface area contributed by atoms with E-state index in [4.69, 9.17) is 14.5 Å². The molecule has 2 N–H and O–H groups in total. The second-order valence-corrected chi connectivity index (χ2v) is 9.82. The number of amides is 1. The van der Waals surface area contributed by atoms with Gasteiger partial charge in [0.1, 0.15) is 17.5 Å². The van der Waals surface area contributed by atoms with E-state index in [-0.39, 0.29) is 5.91 Å². The third-order valence-electron chi connectivity index (χ3n) is 6.47. The van der Waals surface area contributed by atoms with E-state index < -0.39 is 6.04 Å². The Morgan fingerprint density at radius 3 is 2.50 bits per heavy atom. The number of hydrogen-bond donors (Lipinski definition) is 2. The smallest absolute Gasteiger partial charge is 0.255 e. The van der Waals surface area contributed by atoms with E-state index in [1.165, 1.54) is 16.3 Å². The molecule has 1 aliphatic rings. The average molecular weight is 524 g/mol. The van der Waals surface area contributed by atoms with Crippen molar-refractivity contribution in [3.63, 3.8) is 0 Å². The zero-order valence-electron chi connectivity index (χ0n) is 21.5. The predicted octanol–water partition coefficient (Wildman–Crippen LogP) is 6.70. The largest absolute Gasteiger partial charge is 0.497 e. The van der Waals surface area contributed by atoms with E-state index in [1.807, 2.05) is 55.5 Å². The SMILES string of the molecule is COc1ccc([C@@H]2N=C(SCc3cccc4ccccc34)NC(C)=C2C(=O)Nc2ccccc2)c(OC)c1. The number of para-hydroxylation sites is 1. The van der Waals surface area contributed by atoms with Gasteiger partial charge in [-0.25, -0.2) is 4.99 Å². The maximum absolute atomic E-state index is 13.6. The van der Waals surface area contributed by atoms with E-state index in [0.717, 1.165) is 27.9 Å². The van der Waals surface area contributed by atoms with Gasteiger partial charge in [0.25, 0.3) is 5.91 Å². The molecule has 0 unspecified atom stereocenters. The van der Waals surface area contributed by atoms with E-state index in [2.05, 4.69) is 53.1 Å². The van der Waals surface area contributed by atoms with Crippen LogP contribution in [-0.2, 0) is 10.5 Å². The number of ether oxygens (including phenoxy) is 2. The molecule has 1 heterocycles. The van der Waals surface area contributed by atoms with Crippen molar-refractivity contribution in [3.05, 3.63) is 113 Å². The van der Waals surface area contributed by atoms with Crippen molar-refractivity contribution in [1.29, 1.82) is 0 Å². The maximum Gasteiger partial charge on any atom is 0.255 e. The van der Waals surface area contributed by atoms with Gasteiger partial charge in [0.15, 0.2) is 5.17 Å². The number of carbonyl (C=O) groups excluding carboxylic acids is 1. The molecule has 7 heteroatoms. The van der Waals surface area contributed by atoms with E-state index in [0.29, 0.717) is 17.1 Å². The molecule has 4 aromatic carbocycles. The Morgan fingerprint density at radius 2 is 1.71 bits per heavy atom. The standard InChI is InChI=1S/C31H29N3O3S/c1-20-28(30(35)33-23-13-5-4-6-14-23)29(26-17-16-24(36-2)18-27(26)37-3)34-31(32-20)38-19-22-12-9-11-21-10-7-8-15-25(21)22/h4-18,29H,19H2,1-3H3,(H,32,34)(H,33,35)/t29-/m0/s1. The van der Waals surface area contributed by atoms with Crippen LogP contribution in [0.5, 0.6) is 11.5 Å². The number of allylic oxidation sites excluding steroid dienone is 1. The Labute approximate surface area is 226 Å². The molecule has 192 valence electrons. The van der Waals surface area contributed by atoms with Crippen LogP contribution in [0.4, 0.5) is 5.69 Å². The normalized spacial score (nSPS) is 15.0. The average Bonchev–Trinajstić information content (AvgIpc) is 2.95.